The first kappa shape index (κ1) is 30.5. The molecule has 0 fully saturated rings. The number of benzene rings is 9. The molecule has 10 aromatic rings. The molecule has 256 valence electrons. The first-order chi connectivity index (χ1) is 27.2. The molecule has 55 heavy (non-hydrogen) atoms. The van der Waals surface area contributed by atoms with E-state index in [4.69, 9.17) is 0 Å². The molecule has 12 rings (SSSR count). The van der Waals surface area contributed by atoms with Gasteiger partial charge in [-0.15, -0.1) is 0 Å². The molecular weight excluding hydrogens is 663 g/mol. The Balaban J connectivity index is 0.930. The minimum Gasteiger partial charge on any atom is -0.309 e. The number of hydrogen-bond acceptors (Lipinski definition) is 0. The number of nitrogens with zero attached hydrogens (tertiary/aromatic N) is 1. The van der Waals surface area contributed by atoms with E-state index in [2.05, 4.69) is 199 Å². The summed E-state index contributed by atoms with van der Waals surface area (Å²) < 4.78 is 2.44. The molecule has 0 saturated heterocycles. The summed E-state index contributed by atoms with van der Waals surface area (Å²) in [5.41, 5.74) is 21.0. The van der Waals surface area contributed by atoms with E-state index in [9.17, 15) is 0 Å². The van der Waals surface area contributed by atoms with E-state index in [-0.39, 0.29) is 5.92 Å². The van der Waals surface area contributed by atoms with Crippen LogP contribution in [0.15, 0.2) is 194 Å². The summed E-state index contributed by atoms with van der Waals surface area (Å²) in [6.07, 6.45) is 1.01. The van der Waals surface area contributed by atoms with E-state index in [1.807, 2.05) is 0 Å². The van der Waals surface area contributed by atoms with Gasteiger partial charge >= 0.3 is 0 Å². The molecule has 1 aromatic heterocycles. The molecule has 0 N–H and O–H groups in total. The Morgan fingerprint density at radius 3 is 1.91 bits per heavy atom. The zero-order valence-corrected chi connectivity index (χ0v) is 30.2. The molecule has 2 aliphatic carbocycles. The largest absolute Gasteiger partial charge is 0.309 e. The second kappa shape index (κ2) is 11.8. The zero-order chi connectivity index (χ0) is 36.0. The summed E-state index contributed by atoms with van der Waals surface area (Å²) >= 11 is 0. The molecule has 0 spiro atoms. The summed E-state index contributed by atoms with van der Waals surface area (Å²) in [5, 5.41) is 5.03. The van der Waals surface area contributed by atoms with E-state index in [1.165, 1.54) is 111 Å². The third-order valence-electron chi connectivity index (χ3n) is 12.3. The average molecular weight is 698 g/mol. The topological polar surface area (TPSA) is 4.93 Å². The van der Waals surface area contributed by atoms with Crippen molar-refractivity contribution < 1.29 is 0 Å². The van der Waals surface area contributed by atoms with Gasteiger partial charge in [0.05, 0.1) is 11.0 Å². The third kappa shape index (κ3) is 4.66. The van der Waals surface area contributed by atoms with Crippen molar-refractivity contribution in [3.05, 3.63) is 222 Å². The van der Waals surface area contributed by atoms with Gasteiger partial charge in [0, 0.05) is 22.4 Å². The van der Waals surface area contributed by atoms with Gasteiger partial charge in [0.2, 0.25) is 0 Å². The average Bonchev–Trinajstić information content (AvgIpc) is 3.90. The molecule has 1 heteroatoms. The minimum absolute atomic E-state index is 0.230. The highest BCUT2D eigenvalue weighted by molar-refractivity contribution is 6.11. The molecule has 0 radical (unpaired) electrons. The van der Waals surface area contributed by atoms with Crippen LogP contribution in [0.2, 0.25) is 0 Å². The predicted molar refractivity (Wildman–Crippen MR) is 230 cm³/mol. The molecule has 1 unspecified atom stereocenters. The smallest absolute Gasteiger partial charge is 0.0541 e. The third-order valence-corrected chi connectivity index (χ3v) is 12.3. The highest BCUT2D eigenvalue weighted by Gasteiger charge is 2.30. The van der Waals surface area contributed by atoms with Crippen molar-refractivity contribution in [3.63, 3.8) is 0 Å². The second-order valence-corrected chi connectivity index (χ2v) is 15.3. The van der Waals surface area contributed by atoms with Crippen molar-refractivity contribution in [2.24, 2.45) is 0 Å². The number of aromatic nitrogens is 1. The molecule has 0 bridgehead atoms. The van der Waals surface area contributed by atoms with E-state index >= 15 is 0 Å². The first-order valence-electron chi connectivity index (χ1n) is 19.3. The van der Waals surface area contributed by atoms with Crippen LogP contribution in [0.4, 0.5) is 0 Å². The quantitative estimate of drug-likeness (QED) is 0.173. The summed E-state index contributed by atoms with van der Waals surface area (Å²) in [6.45, 7) is 0. The number of hydrogen-bond donors (Lipinski definition) is 0. The first-order valence-corrected chi connectivity index (χ1v) is 19.3. The summed E-state index contributed by atoms with van der Waals surface area (Å²) in [7, 11) is 0. The van der Waals surface area contributed by atoms with E-state index in [0.717, 1.165) is 6.42 Å². The molecular formula is C54H35N. The van der Waals surface area contributed by atoms with Crippen LogP contribution >= 0.6 is 0 Å². The Hall–Kier alpha value is -6.96. The maximum atomic E-state index is 2.44. The van der Waals surface area contributed by atoms with Gasteiger partial charge in [0.25, 0.3) is 0 Å². The highest BCUT2D eigenvalue weighted by atomic mass is 15.0. The summed E-state index contributed by atoms with van der Waals surface area (Å²) in [6, 6.07) is 72.4. The number of para-hydroxylation sites is 1. The van der Waals surface area contributed by atoms with Crippen LogP contribution < -0.4 is 0 Å². The van der Waals surface area contributed by atoms with Crippen LogP contribution in [-0.2, 0) is 6.42 Å². The molecule has 0 amide bonds. The Labute approximate surface area is 320 Å². The van der Waals surface area contributed by atoms with Crippen molar-refractivity contribution in [1.29, 1.82) is 0 Å². The van der Waals surface area contributed by atoms with Gasteiger partial charge in [-0.05, 0) is 132 Å². The Kier molecular flexibility index (Phi) is 6.53. The lowest BCUT2D eigenvalue weighted by Gasteiger charge is -2.15. The van der Waals surface area contributed by atoms with Crippen LogP contribution in [0.1, 0.15) is 33.7 Å². The Morgan fingerprint density at radius 2 is 0.982 bits per heavy atom. The molecule has 1 atom stereocenters. The van der Waals surface area contributed by atoms with E-state index in [0.29, 0.717) is 0 Å². The molecule has 2 aliphatic rings. The maximum Gasteiger partial charge on any atom is 0.0541 e. The van der Waals surface area contributed by atoms with Crippen molar-refractivity contribution in [3.8, 4) is 50.2 Å². The monoisotopic (exact) mass is 697 g/mol. The second-order valence-electron chi connectivity index (χ2n) is 15.3. The SMILES string of the molecule is c1ccc(C2c3ccccc3-c3ccc(-c4ccc5c(c4)c4ccccc4n5-c4ccc5cc(-c6ccc7c(c6)Cc6ccccc6-7)ccc5c4)cc32)cc1. The highest BCUT2D eigenvalue weighted by Crippen LogP contribution is 2.49. The Bertz CT molecular complexity index is 3180. The van der Waals surface area contributed by atoms with Gasteiger partial charge in [-0.2, -0.15) is 0 Å². The van der Waals surface area contributed by atoms with Crippen molar-refractivity contribution in [1.82, 2.24) is 4.57 Å². The molecule has 1 nitrogen and oxygen atoms in total. The lowest BCUT2D eigenvalue weighted by atomic mass is 9.88. The molecule has 0 saturated carbocycles. The fraction of sp³-hybridized carbons (Fsp3) is 0.0370. The van der Waals surface area contributed by atoms with Crippen molar-refractivity contribution in [2.75, 3.05) is 0 Å². The van der Waals surface area contributed by atoms with Crippen LogP contribution in [0.25, 0.3) is 82.8 Å². The summed E-state index contributed by atoms with van der Waals surface area (Å²) in [5.74, 6) is 0.230. The van der Waals surface area contributed by atoms with E-state index < -0.39 is 0 Å². The zero-order valence-electron chi connectivity index (χ0n) is 30.2. The fourth-order valence-electron chi connectivity index (χ4n) is 9.70. The normalized spacial score (nSPS) is 13.9. The van der Waals surface area contributed by atoms with Crippen LogP contribution in [0.5, 0.6) is 0 Å². The summed E-state index contributed by atoms with van der Waals surface area (Å²) in [4.78, 5) is 0. The van der Waals surface area contributed by atoms with Crippen molar-refractivity contribution >= 4 is 32.6 Å². The van der Waals surface area contributed by atoms with Gasteiger partial charge in [0.1, 0.15) is 0 Å². The minimum atomic E-state index is 0.230. The van der Waals surface area contributed by atoms with Gasteiger partial charge in [0.15, 0.2) is 0 Å². The maximum absolute atomic E-state index is 2.44. The lowest BCUT2D eigenvalue weighted by Crippen LogP contribution is -1.99. The van der Waals surface area contributed by atoms with Crippen molar-refractivity contribution in [2.45, 2.75) is 12.3 Å². The molecule has 9 aromatic carbocycles. The van der Waals surface area contributed by atoms with Crippen LogP contribution in [0.3, 0.4) is 0 Å². The standard InChI is InChI=1S/C54H35N/c1-2-10-34(11-3-1)54-49-16-7-6-14-46(49)47-26-22-39(33-51(47)54)40-23-27-53-50(32-40)48-15-8-9-17-52(48)55(53)43-24-20-36-28-35(18-19-38(36)31-43)37-21-25-45-42(29-37)30-41-12-4-5-13-44(41)45/h1-29,31-33,54H,30H2. The van der Waals surface area contributed by atoms with Crippen LogP contribution in [0, 0.1) is 0 Å². The molecule has 0 aliphatic heterocycles. The number of rotatable bonds is 4. The predicted octanol–water partition coefficient (Wildman–Crippen LogP) is 14.0. The Morgan fingerprint density at radius 1 is 0.364 bits per heavy atom. The van der Waals surface area contributed by atoms with Gasteiger partial charge in [-0.3, -0.25) is 0 Å². The molecule has 1 heterocycles. The van der Waals surface area contributed by atoms with E-state index in [1.54, 1.807) is 0 Å². The van der Waals surface area contributed by atoms with Gasteiger partial charge < -0.3 is 4.57 Å². The number of fused-ring (bicyclic) bond motifs is 10. The van der Waals surface area contributed by atoms with Gasteiger partial charge in [-0.1, -0.05) is 152 Å². The van der Waals surface area contributed by atoms with Crippen LogP contribution in [-0.4, -0.2) is 4.57 Å². The lowest BCUT2D eigenvalue weighted by molar-refractivity contribution is 1.02. The fourth-order valence-corrected chi connectivity index (χ4v) is 9.70. The van der Waals surface area contributed by atoms with Gasteiger partial charge in [-0.25, -0.2) is 0 Å².